The minimum absolute atomic E-state index is 0.0625. The Labute approximate surface area is 114 Å². The molecule has 1 rings (SSSR count). The first-order valence-electron chi connectivity index (χ1n) is 5.12. The van der Waals surface area contributed by atoms with Crippen LogP contribution >= 0.6 is 23.2 Å². The molecule has 2 N–H and O–H groups in total. The molecule has 0 heterocycles. The van der Waals surface area contributed by atoms with Gasteiger partial charge in [-0.1, -0.05) is 18.2 Å². The van der Waals surface area contributed by atoms with E-state index in [0.29, 0.717) is 11.1 Å². The Balaban J connectivity index is 3.25. The van der Waals surface area contributed by atoms with Gasteiger partial charge in [-0.3, -0.25) is 4.79 Å². The van der Waals surface area contributed by atoms with Crippen LogP contribution in [0.5, 0.6) is 0 Å². The number of carbonyl (C=O) groups is 2. The van der Waals surface area contributed by atoms with E-state index in [1.807, 2.05) is 0 Å². The summed E-state index contributed by atoms with van der Waals surface area (Å²) in [4.78, 5) is 22.0. The third kappa shape index (κ3) is 3.22. The number of carbonyl (C=O) groups excluding carboxylic acids is 1. The number of Topliss-reactive ketones (excluding diaryl/α,β-unsaturated/α-hetero) is 1. The highest BCUT2D eigenvalue weighted by Gasteiger charge is 2.22. The number of ketones is 1. The fraction of sp³-hybridized carbons (Fsp3) is 0.333. The number of rotatable bonds is 5. The number of alkyl halides is 2. The minimum Gasteiger partial charge on any atom is -0.479 e. The summed E-state index contributed by atoms with van der Waals surface area (Å²) < 4.78 is 0. The molecule has 0 saturated heterocycles. The summed E-state index contributed by atoms with van der Waals surface area (Å²) in [7, 11) is 0. The topological polar surface area (TPSA) is 74.6 Å². The van der Waals surface area contributed by atoms with Gasteiger partial charge in [0.1, 0.15) is 5.38 Å². The molecule has 0 aromatic heterocycles. The molecule has 0 radical (unpaired) electrons. The molecule has 0 aliphatic heterocycles. The molecule has 0 fully saturated rings. The third-order valence-corrected chi connectivity index (χ3v) is 3.34. The van der Waals surface area contributed by atoms with E-state index in [1.54, 1.807) is 12.1 Å². The maximum atomic E-state index is 11.2. The fourth-order valence-corrected chi connectivity index (χ4v) is 1.89. The van der Waals surface area contributed by atoms with Crippen molar-refractivity contribution in [2.45, 2.75) is 24.3 Å². The predicted molar refractivity (Wildman–Crippen MR) is 67.9 cm³/mol. The van der Waals surface area contributed by atoms with E-state index in [-0.39, 0.29) is 17.2 Å². The average molecular weight is 291 g/mol. The largest absolute Gasteiger partial charge is 0.479 e. The third-order valence-electron chi connectivity index (χ3n) is 2.49. The molecule has 2 unspecified atom stereocenters. The molecule has 4 nitrogen and oxygen atoms in total. The van der Waals surface area contributed by atoms with Crippen molar-refractivity contribution in [1.29, 1.82) is 0 Å². The van der Waals surface area contributed by atoms with Crippen LogP contribution < -0.4 is 0 Å². The van der Waals surface area contributed by atoms with Gasteiger partial charge in [-0.25, -0.2) is 4.79 Å². The number of benzene rings is 1. The molecule has 1 aromatic rings. The SMILES string of the molecule is CC(=O)C(Cl)c1ccc(CCl)c(C(O)C(=O)O)c1. The van der Waals surface area contributed by atoms with Gasteiger partial charge in [0.25, 0.3) is 0 Å². The van der Waals surface area contributed by atoms with E-state index < -0.39 is 17.5 Å². The Kier molecular flexibility index (Phi) is 5.14. The van der Waals surface area contributed by atoms with Crippen molar-refractivity contribution >= 4 is 35.0 Å². The molecule has 18 heavy (non-hydrogen) atoms. The van der Waals surface area contributed by atoms with Gasteiger partial charge in [0.05, 0.1) is 0 Å². The van der Waals surface area contributed by atoms with Gasteiger partial charge in [0, 0.05) is 5.88 Å². The summed E-state index contributed by atoms with van der Waals surface area (Å²) in [6.45, 7) is 1.33. The highest BCUT2D eigenvalue weighted by Crippen LogP contribution is 2.28. The van der Waals surface area contributed by atoms with E-state index >= 15 is 0 Å². The zero-order valence-corrected chi connectivity index (χ0v) is 11.1. The molecule has 0 bridgehead atoms. The van der Waals surface area contributed by atoms with Gasteiger partial charge in [-0.2, -0.15) is 0 Å². The van der Waals surface area contributed by atoms with Crippen LogP contribution in [0.4, 0.5) is 0 Å². The Bertz CT molecular complexity index is 473. The van der Waals surface area contributed by atoms with Crippen molar-refractivity contribution in [1.82, 2.24) is 0 Å². The van der Waals surface area contributed by atoms with Crippen molar-refractivity contribution in [2.75, 3.05) is 0 Å². The predicted octanol–water partition coefficient (Wildman–Crippen LogP) is 2.41. The zero-order valence-electron chi connectivity index (χ0n) is 9.56. The lowest BCUT2D eigenvalue weighted by Gasteiger charge is -2.14. The van der Waals surface area contributed by atoms with Crippen LogP contribution in [-0.2, 0) is 15.5 Å². The summed E-state index contributed by atoms with van der Waals surface area (Å²) in [6, 6.07) is 4.55. The Hall–Kier alpha value is -1.10. The van der Waals surface area contributed by atoms with Gasteiger partial charge in [-0.05, 0) is 23.6 Å². The lowest BCUT2D eigenvalue weighted by molar-refractivity contribution is -0.147. The van der Waals surface area contributed by atoms with Gasteiger partial charge < -0.3 is 10.2 Å². The number of aliphatic hydroxyl groups excluding tert-OH is 1. The minimum atomic E-state index is -1.69. The van der Waals surface area contributed by atoms with Crippen LogP contribution in [0.3, 0.4) is 0 Å². The van der Waals surface area contributed by atoms with Gasteiger partial charge in [0.2, 0.25) is 0 Å². The molecule has 0 spiro atoms. The average Bonchev–Trinajstić information content (AvgIpc) is 2.35. The zero-order chi connectivity index (χ0) is 13.9. The molecule has 2 atom stereocenters. The van der Waals surface area contributed by atoms with Crippen LogP contribution in [-0.4, -0.2) is 22.0 Å². The molecule has 98 valence electrons. The summed E-state index contributed by atoms with van der Waals surface area (Å²) in [5.74, 6) is -1.58. The molecule has 0 amide bonds. The summed E-state index contributed by atoms with van der Waals surface area (Å²) >= 11 is 11.6. The highest BCUT2D eigenvalue weighted by molar-refractivity contribution is 6.30. The van der Waals surface area contributed by atoms with Crippen molar-refractivity contribution in [3.8, 4) is 0 Å². The quantitative estimate of drug-likeness (QED) is 0.817. The monoisotopic (exact) mass is 290 g/mol. The maximum Gasteiger partial charge on any atom is 0.337 e. The van der Waals surface area contributed by atoms with E-state index in [4.69, 9.17) is 28.3 Å². The van der Waals surface area contributed by atoms with Crippen LogP contribution in [0, 0.1) is 0 Å². The summed E-state index contributed by atoms with van der Waals surface area (Å²) in [5.41, 5.74) is 1.08. The number of halogens is 2. The molecule has 6 heteroatoms. The van der Waals surface area contributed by atoms with Crippen molar-refractivity contribution < 1.29 is 19.8 Å². The number of hydrogen-bond acceptors (Lipinski definition) is 3. The first-order chi connectivity index (χ1) is 8.38. The Morgan fingerprint density at radius 1 is 1.39 bits per heavy atom. The molecule has 0 saturated carbocycles. The number of aliphatic carboxylic acids is 1. The smallest absolute Gasteiger partial charge is 0.337 e. The van der Waals surface area contributed by atoms with Crippen molar-refractivity contribution in [2.24, 2.45) is 0 Å². The molecule has 1 aromatic carbocycles. The second-order valence-electron chi connectivity index (χ2n) is 3.81. The fourth-order valence-electron chi connectivity index (χ4n) is 1.52. The van der Waals surface area contributed by atoms with Gasteiger partial charge in [-0.15, -0.1) is 23.2 Å². The van der Waals surface area contributed by atoms with Crippen molar-refractivity contribution in [3.05, 3.63) is 34.9 Å². The normalized spacial score (nSPS) is 14.0. The molecule has 0 aliphatic carbocycles. The van der Waals surface area contributed by atoms with E-state index in [9.17, 15) is 14.7 Å². The summed E-state index contributed by atoms with van der Waals surface area (Å²) in [6.07, 6.45) is -1.69. The number of aliphatic hydroxyl groups is 1. The number of hydrogen-bond donors (Lipinski definition) is 2. The second-order valence-corrected chi connectivity index (χ2v) is 4.51. The van der Waals surface area contributed by atoms with Crippen molar-refractivity contribution in [3.63, 3.8) is 0 Å². The van der Waals surface area contributed by atoms with E-state index in [2.05, 4.69) is 0 Å². The van der Waals surface area contributed by atoms with Crippen LogP contribution in [0.25, 0.3) is 0 Å². The Morgan fingerprint density at radius 2 is 2.00 bits per heavy atom. The molecular formula is C12H12Cl2O4. The van der Waals surface area contributed by atoms with Crippen LogP contribution in [0.2, 0.25) is 0 Å². The van der Waals surface area contributed by atoms with E-state index in [0.717, 1.165) is 0 Å². The maximum absolute atomic E-state index is 11.2. The molecular weight excluding hydrogens is 279 g/mol. The molecule has 0 aliphatic rings. The highest BCUT2D eigenvalue weighted by atomic mass is 35.5. The van der Waals surface area contributed by atoms with Gasteiger partial charge >= 0.3 is 5.97 Å². The van der Waals surface area contributed by atoms with E-state index in [1.165, 1.54) is 13.0 Å². The first-order valence-corrected chi connectivity index (χ1v) is 6.09. The Morgan fingerprint density at radius 3 is 2.44 bits per heavy atom. The van der Waals surface area contributed by atoms with Crippen LogP contribution in [0.15, 0.2) is 18.2 Å². The lowest BCUT2D eigenvalue weighted by atomic mass is 9.98. The number of carboxylic acids is 1. The standard InChI is InChI=1S/C12H12Cl2O4/c1-6(15)10(14)7-2-3-8(5-13)9(4-7)11(16)12(17)18/h2-4,10-11,16H,5H2,1H3,(H,17,18). The first kappa shape index (κ1) is 15.0. The van der Waals surface area contributed by atoms with Gasteiger partial charge in [0.15, 0.2) is 11.9 Å². The lowest BCUT2D eigenvalue weighted by Crippen LogP contribution is -2.13. The number of carboxylic acid groups (broad SMARTS) is 1. The van der Waals surface area contributed by atoms with Crippen LogP contribution in [0.1, 0.15) is 35.1 Å². The summed E-state index contributed by atoms with van der Waals surface area (Å²) in [5, 5.41) is 17.5. The second kappa shape index (κ2) is 6.18.